The molecular formula is C32H30N2O7. The Morgan fingerprint density at radius 1 is 0.902 bits per heavy atom. The number of hydrogen-bond acceptors (Lipinski definition) is 8. The molecule has 9 heteroatoms. The first-order valence-electron chi connectivity index (χ1n) is 13.2. The zero-order valence-electron chi connectivity index (χ0n) is 23.4. The van der Waals surface area contributed by atoms with Crippen LogP contribution in [0.4, 0.5) is 11.4 Å². The lowest BCUT2D eigenvalue weighted by atomic mass is 9.64. The van der Waals surface area contributed by atoms with Crippen molar-refractivity contribution in [2.45, 2.75) is 24.4 Å². The summed E-state index contributed by atoms with van der Waals surface area (Å²) >= 11 is 0. The molecule has 41 heavy (non-hydrogen) atoms. The number of ether oxygens (including phenoxy) is 4. The second kappa shape index (κ2) is 9.69. The summed E-state index contributed by atoms with van der Waals surface area (Å²) in [5.41, 5.74) is 1.73. The maximum Gasteiger partial charge on any atom is 0.238 e. The van der Waals surface area contributed by atoms with Crippen LogP contribution in [-0.4, -0.2) is 58.0 Å². The lowest BCUT2D eigenvalue weighted by Crippen LogP contribution is -2.51. The maximum absolute atomic E-state index is 14.8. The van der Waals surface area contributed by atoms with Gasteiger partial charge in [-0.3, -0.25) is 14.4 Å². The molecular weight excluding hydrogens is 524 g/mol. The van der Waals surface area contributed by atoms with Gasteiger partial charge in [-0.05, 0) is 48.9 Å². The summed E-state index contributed by atoms with van der Waals surface area (Å²) in [7, 11) is 6.01. The highest BCUT2D eigenvalue weighted by atomic mass is 16.5. The number of anilines is 2. The molecule has 1 saturated heterocycles. The van der Waals surface area contributed by atoms with E-state index >= 15 is 0 Å². The molecule has 210 valence electrons. The van der Waals surface area contributed by atoms with Gasteiger partial charge in [0.05, 0.1) is 46.4 Å². The van der Waals surface area contributed by atoms with Gasteiger partial charge in [-0.2, -0.15) is 0 Å². The van der Waals surface area contributed by atoms with Crippen LogP contribution in [-0.2, 0) is 15.0 Å². The molecule has 3 aromatic carbocycles. The van der Waals surface area contributed by atoms with Crippen LogP contribution < -0.4 is 29.2 Å². The minimum Gasteiger partial charge on any atom is -0.497 e. The molecule has 0 bridgehead atoms. The number of carbonyl (C=O) groups excluding carboxylic acids is 3. The molecule has 0 aliphatic carbocycles. The van der Waals surface area contributed by atoms with Crippen LogP contribution in [0, 0.1) is 5.92 Å². The standard InChI is InChI=1S/C32H30N2O7/c1-17(35)28-27(29(36)19-15-24(39-3)30(41-5)25(16-19)40-4)32(21-8-6-7-9-22(21)33-31(32)37)26-13-10-18-14-20(38-2)11-12-23(18)34(26)28/h6-16,26-28H,1-5H3,(H,33,37)/t26-,27+,28+,32+/m0/s1. The topological polar surface area (TPSA) is 103 Å². The van der Waals surface area contributed by atoms with Gasteiger partial charge >= 0.3 is 0 Å². The van der Waals surface area contributed by atoms with Crippen molar-refractivity contribution in [1.29, 1.82) is 0 Å². The number of methoxy groups -OCH3 is 4. The van der Waals surface area contributed by atoms with E-state index < -0.39 is 23.4 Å². The number of fused-ring (bicyclic) bond motifs is 6. The fourth-order valence-electron chi connectivity index (χ4n) is 6.84. The van der Waals surface area contributed by atoms with Gasteiger partial charge in [0.15, 0.2) is 23.1 Å². The third-order valence-corrected chi connectivity index (χ3v) is 8.49. The Morgan fingerprint density at radius 3 is 2.24 bits per heavy atom. The summed E-state index contributed by atoms with van der Waals surface area (Å²) in [4.78, 5) is 44.6. The Labute approximate surface area is 237 Å². The highest BCUT2D eigenvalue weighted by Gasteiger charge is 2.69. The summed E-state index contributed by atoms with van der Waals surface area (Å²) in [6.45, 7) is 1.47. The Balaban J connectivity index is 1.63. The van der Waals surface area contributed by atoms with Gasteiger partial charge < -0.3 is 29.2 Å². The van der Waals surface area contributed by atoms with Crippen molar-refractivity contribution in [3.05, 3.63) is 77.4 Å². The van der Waals surface area contributed by atoms with Gasteiger partial charge in [-0.15, -0.1) is 0 Å². The number of para-hydroxylation sites is 1. The molecule has 4 atom stereocenters. The molecule has 0 aromatic heterocycles. The van der Waals surface area contributed by atoms with E-state index in [1.807, 2.05) is 59.5 Å². The molecule has 1 amide bonds. The fourth-order valence-corrected chi connectivity index (χ4v) is 6.84. The minimum absolute atomic E-state index is 0.230. The van der Waals surface area contributed by atoms with Gasteiger partial charge in [-0.25, -0.2) is 0 Å². The van der Waals surface area contributed by atoms with Crippen molar-refractivity contribution in [2.24, 2.45) is 5.92 Å². The summed E-state index contributed by atoms with van der Waals surface area (Å²) in [5.74, 6) is -0.418. The Morgan fingerprint density at radius 2 is 1.61 bits per heavy atom. The number of hydrogen-bond donors (Lipinski definition) is 1. The summed E-state index contributed by atoms with van der Waals surface area (Å²) in [5, 5.41) is 3.01. The third-order valence-electron chi connectivity index (χ3n) is 8.49. The number of nitrogens with zero attached hydrogens (tertiary/aromatic N) is 1. The van der Waals surface area contributed by atoms with Crippen molar-refractivity contribution in [2.75, 3.05) is 38.7 Å². The molecule has 1 fully saturated rings. The molecule has 0 radical (unpaired) electrons. The first kappa shape index (κ1) is 26.4. The number of benzene rings is 3. The first-order valence-corrected chi connectivity index (χ1v) is 13.2. The number of ketones is 2. The van der Waals surface area contributed by atoms with E-state index in [-0.39, 0.29) is 23.0 Å². The summed E-state index contributed by atoms with van der Waals surface area (Å²) < 4.78 is 21.9. The van der Waals surface area contributed by atoms with E-state index in [0.717, 1.165) is 11.3 Å². The minimum atomic E-state index is -1.39. The van der Waals surface area contributed by atoms with Crippen molar-refractivity contribution in [3.63, 3.8) is 0 Å². The largest absolute Gasteiger partial charge is 0.497 e. The molecule has 3 aliphatic rings. The van der Waals surface area contributed by atoms with Crippen LogP contribution in [0.15, 0.2) is 60.7 Å². The molecule has 1 spiro atoms. The quantitative estimate of drug-likeness (QED) is 0.432. The van der Waals surface area contributed by atoms with Crippen molar-refractivity contribution in [1.82, 2.24) is 0 Å². The van der Waals surface area contributed by atoms with E-state index in [9.17, 15) is 14.4 Å². The smallest absolute Gasteiger partial charge is 0.238 e. The first-order chi connectivity index (χ1) is 19.8. The van der Waals surface area contributed by atoms with E-state index in [0.29, 0.717) is 34.2 Å². The molecule has 0 unspecified atom stereocenters. The molecule has 3 aromatic rings. The van der Waals surface area contributed by atoms with Crippen LogP contribution in [0.3, 0.4) is 0 Å². The molecule has 6 rings (SSSR count). The van der Waals surface area contributed by atoms with E-state index in [2.05, 4.69) is 5.32 Å². The predicted octanol–water partition coefficient (Wildman–Crippen LogP) is 4.28. The third kappa shape index (κ3) is 3.58. The highest BCUT2D eigenvalue weighted by molar-refractivity contribution is 6.16. The van der Waals surface area contributed by atoms with Crippen LogP contribution in [0.25, 0.3) is 6.08 Å². The molecule has 3 aliphatic heterocycles. The van der Waals surface area contributed by atoms with Gasteiger partial charge in [-0.1, -0.05) is 30.4 Å². The number of rotatable bonds is 7. The number of carbonyl (C=O) groups is 3. The van der Waals surface area contributed by atoms with Crippen LogP contribution in [0.2, 0.25) is 0 Å². The summed E-state index contributed by atoms with van der Waals surface area (Å²) in [6.07, 6.45) is 3.85. The normalized spacial score (nSPS) is 23.4. The second-order valence-electron chi connectivity index (χ2n) is 10.3. The van der Waals surface area contributed by atoms with E-state index in [4.69, 9.17) is 18.9 Å². The van der Waals surface area contributed by atoms with Crippen molar-refractivity contribution in [3.8, 4) is 23.0 Å². The Hall–Kier alpha value is -4.79. The molecule has 9 nitrogen and oxygen atoms in total. The average Bonchev–Trinajstić information content (AvgIpc) is 3.48. The summed E-state index contributed by atoms with van der Waals surface area (Å²) in [6, 6.07) is 14.5. The molecule has 1 N–H and O–H groups in total. The highest BCUT2D eigenvalue weighted by Crippen LogP contribution is 2.58. The zero-order valence-corrected chi connectivity index (χ0v) is 23.4. The van der Waals surface area contributed by atoms with Crippen LogP contribution in [0.1, 0.15) is 28.4 Å². The SMILES string of the molecule is COc1ccc2c(c1)C=C[C@@H]1N2[C@H](C(C)=O)[C@H](C(=O)c2cc(OC)c(OC)c(OC)c2)[C@]12C(=O)Nc1ccccc12. The van der Waals surface area contributed by atoms with E-state index in [1.165, 1.54) is 28.3 Å². The molecule has 0 saturated carbocycles. The van der Waals surface area contributed by atoms with Gasteiger partial charge in [0, 0.05) is 22.5 Å². The Kier molecular flexibility index (Phi) is 6.25. The number of amides is 1. The van der Waals surface area contributed by atoms with Crippen LogP contribution >= 0.6 is 0 Å². The van der Waals surface area contributed by atoms with Gasteiger partial charge in [0.1, 0.15) is 11.2 Å². The lowest BCUT2D eigenvalue weighted by Gasteiger charge is -2.37. The average molecular weight is 555 g/mol. The number of nitrogens with one attached hydrogen (secondary N) is 1. The number of Topliss-reactive ketones (excluding diaryl/α,β-unsaturated/α-hetero) is 2. The van der Waals surface area contributed by atoms with Gasteiger partial charge in [0.2, 0.25) is 11.7 Å². The molecule has 3 heterocycles. The van der Waals surface area contributed by atoms with Crippen LogP contribution in [0.5, 0.6) is 23.0 Å². The monoisotopic (exact) mass is 554 g/mol. The predicted molar refractivity (Wildman–Crippen MR) is 153 cm³/mol. The maximum atomic E-state index is 14.8. The van der Waals surface area contributed by atoms with Gasteiger partial charge in [0.25, 0.3) is 0 Å². The zero-order chi connectivity index (χ0) is 29.1. The van der Waals surface area contributed by atoms with Crippen molar-refractivity contribution < 1.29 is 33.3 Å². The Bertz CT molecular complexity index is 1600. The van der Waals surface area contributed by atoms with E-state index in [1.54, 1.807) is 19.2 Å². The lowest BCUT2D eigenvalue weighted by molar-refractivity contribution is -0.122. The second-order valence-corrected chi connectivity index (χ2v) is 10.3. The fraction of sp³-hybridized carbons (Fsp3) is 0.281. The van der Waals surface area contributed by atoms with Crippen molar-refractivity contribution >= 4 is 34.9 Å².